The van der Waals surface area contributed by atoms with Gasteiger partial charge < -0.3 is 4.79 Å². The molecular weight excluding hydrogens is 212 g/mol. The molecule has 0 saturated carbocycles. The Labute approximate surface area is 83.7 Å². The summed E-state index contributed by atoms with van der Waals surface area (Å²) in [6.45, 7) is 1.27. The van der Waals surface area contributed by atoms with E-state index in [1.165, 1.54) is 6.92 Å². The van der Waals surface area contributed by atoms with Gasteiger partial charge in [-0.1, -0.05) is 0 Å². The lowest BCUT2D eigenvalue weighted by molar-refractivity contribution is -0.116. The third-order valence-electron chi connectivity index (χ3n) is 1.92. The van der Waals surface area contributed by atoms with Crippen LogP contribution in [0.25, 0.3) is 0 Å². The van der Waals surface area contributed by atoms with Crippen LogP contribution >= 0.6 is 0 Å². The molecule has 0 bridgehead atoms. The third-order valence-corrected chi connectivity index (χ3v) is 1.92. The highest BCUT2D eigenvalue weighted by Crippen LogP contribution is 2.19. The van der Waals surface area contributed by atoms with Crippen molar-refractivity contribution >= 4 is 5.78 Å². The van der Waals surface area contributed by atoms with Crippen LogP contribution in [0.3, 0.4) is 0 Å². The summed E-state index contributed by atoms with van der Waals surface area (Å²) in [6, 6.07) is 0.566. The molecule has 82 valence electrons. The van der Waals surface area contributed by atoms with E-state index in [1.807, 2.05) is 0 Å². The molecule has 0 spiro atoms. The van der Waals surface area contributed by atoms with E-state index in [-0.39, 0.29) is 24.2 Å². The van der Waals surface area contributed by atoms with E-state index in [9.17, 15) is 22.4 Å². The van der Waals surface area contributed by atoms with Crippen LogP contribution in [0.1, 0.15) is 18.9 Å². The molecule has 0 N–H and O–H groups in total. The topological polar surface area (TPSA) is 17.1 Å². The molecule has 0 aliphatic heterocycles. The number of ketones is 1. The summed E-state index contributed by atoms with van der Waals surface area (Å²) in [7, 11) is 0. The molecule has 0 atom stereocenters. The van der Waals surface area contributed by atoms with Crippen LogP contribution in [-0.4, -0.2) is 5.78 Å². The van der Waals surface area contributed by atoms with E-state index < -0.39 is 23.3 Å². The Hall–Kier alpha value is -1.39. The van der Waals surface area contributed by atoms with Gasteiger partial charge in [-0.2, -0.15) is 0 Å². The van der Waals surface area contributed by atoms with Crippen molar-refractivity contribution in [3.8, 4) is 0 Å². The first kappa shape index (κ1) is 11.7. The molecule has 0 radical (unpaired) electrons. The minimum Gasteiger partial charge on any atom is -0.300 e. The van der Waals surface area contributed by atoms with Gasteiger partial charge in [-0.05, 0) is 25.0 Å². The number of hydrogen-bond acceptors (Lipinski definition) is 1. The Kier molecular flexibility index (Phi) is 3.44. The molecule has 1 aromatic rings. The van der Waals surface area contributed by atoms with Gasteiger partial charge in [0.05, 0.1) is 0 Å². The van der Waals surface area contributed by atoms with Crippen LogP contribution in [0, 0.1) is 23.3 Å². The molecule has 1 nitrogen and oxygen atoms in total. The predicted molar refractivity (Wildman–Crippen MR) is 45.3 cm³/mol. The molecule has 0 amide bonds. The average molecular weight is 220 g/mol. The number of rotatable bonds is 3. The molecular formula is C10H8F4O. The van der Waals surface area contributed by atoms with Crippen molar-refractivity contribution in [2.24, 2.45) is 0 Å². The largest absolute Gasteiger partial charge is 0.300 e. The zero-order valence-corrected chi connectivity index (χ0v) is 7.91. The van der Waals surface area contributed by atoms with Crippen molar-refractivity contribution in [3.05, 3.63) is 34.9 Å². The Morgan fingerprint density at radius 1 is 1.13 bits per heavy atom. The molecule has 0 unspecified atom stereocenters. The number of benzene rings is 1. The van der Waals surface area contributed by atoms with E-state index in [1.54, 1.807) is 0 Å². The molecule has 0 aromatic heterocycles. The second kappa shape index (κ2) is 4.42. The maximum absolute atomic E-state index is 13.0. The number of carbonyl (C=O) groups is 1. The lowest BCUT2D eigenvalue weighted by Gasteiger charge is -2.04. The van der Waals surface area contributed by atoms with Crippen molar-refractivity contribution in [2.75, 3.05) is 0 Å². The Balaban J connectivity index is 3.04. The fourth-order valence-electron chi connectivity index (χ4n) is 1.11. The highest BCUT2D eigenvalue weighted by molar-refractivity contribution is 5.75. The van der Waals surface area contributed by atoms with Crippen LogP contribution in [0.5, 0.6) is 0 Å². The highest BCUT2D eigenvalue weighted by atomic mass is 19.2. The quantitative estimate of drug-likeness (QED) is 0.435. The maximum atomic E-state index is 13.0. The lowest BCUT2D eigenvalue weighted by Crippen LogP contribution is -2.03. The van der Waals surface area contributed by atoms with Gasteiger partial charge in [0.25, 0.3) is 0 Å². The number of Topliss-reactive ketones (excluding diaryl/α,β-unsaturated/α-hetero) is 1. The van der Waals surface area contributed by atoms with E-state index in [4.69, 9.17) is 0 Å². The fourth-order valence-corrected chi connectivity index (χ4v) is 1.11. The maximum Gasteiger partial charge on any atom is 0.197 e. The normalized spacial score (nSPS) is 10.5. The van der Waals surface area contributed by atoms with Crippen LogP contribution in [0.4, 0.5) is 17.6 Å². The fraction of sp³-hybridized carbons (Fsp3) is 0.300. The number of carbonyl (C=O) groups excluding carboxylic acids is 1. The van der Waals surface area contributed by atoms with Crippen LogP contribution in [0.2, 0.25) is 0 Å². The number of aryl methyl sites for hydroxylation is 1. The molecule has 1 rings (SSSR count). The van der Waals surface area contributed by atoms with Crippen molar-refractivity contribution in [1.29, 1.82) is 0 Å². The van der Waals surface area contributed by atoms with Crippen LogP contribution in [0.15, 0.2) is 6.07 Å². The summed E-state index contributed by atoms with van der Waals surface area (Å²) < 4.78 is 50.9. The minimum atomic E-state index is -1.84. The number of hydrogen-bond donors (Lipinski definition) is 0. The summed E-state index contributed by atoms with van der Waals surface area (Å²) in [6.07, 6.45) is -0.184. The molecule has 15 heavy (non-hydrogen) atoms. The molecule has 0 fully saturated rings. The second-order valence-electron chi connectivity index (χ2n) is 3.16. The third kappa shape index (κ3) is 2.55. The predicted octanol–water partition coefficient (Wildman–Crippen LogP) is 2.76. The first-order chi connectivity index (χ1) is 6.93. The van der Waals surface area contributed by atoms with Crippen molar-refractivity contribution in [2.45, 2.75) is 19.8 Å². The highest BCUT2D eigenvalue weighted by Gasteiger charge is 2.18. The van der Waals surface area contributed by atoms with Gasteiger partial charge in [0.1, 0.15) is 5.78 Å². The van der Waals surface area contributed by atoms with Crippen molar-refractivity contribution in [1.82, 2.24) is 0 Å². The Bertz CT molecular complexity index is 401. The van der Waals surface area contributed by atoms with Crippen molar-refractivity contribution in [3.63, 3.8) is 0 Å². The molecule has 0 aliphatic carbocycles. The molecule has 0 heterocycles. The van der Waals surface area contributed by atoms with Gasteiger partial charge in [-0.15, -0.1) is 0 Å². The van der Waals surface area contributed by atoms with Crippen LogP contribution < -0.4 is 0 Å². The van der Waals surface area contributed by atoms with Gasteiger partial charge in [0, 0.05) is 6.42 Å². The second-order valence-corrected chi connectivity index (χ2v) is 3.16. The van der Waals surface area contributed by atoms with Gasteiger partial charge in [-0.3, -0.25) is 0 Å². The summed E-state index contributed by atoms with van der Waals surface area (Å²) in [5.41, 5.74) is -0.332. The van der Waals surface area contributed by atoms with Gasteiger partial charge >= 0.3 is 0 Å². The SMILES string of the molecule is CC(=O)CCc1cc(F)c(F)c(F)c1F. The lowest BCUT2D eigenvalue weighted by atomic mass is 10.1. The van der Waals surface area contributed by atoms with Gasteiger partial charge in [0.2, 0.25) is 0 Å². The summed E-state index contributed by atoms with van der Waals surface area (Å²) in [5, 5.41) is 0. The first-order valence-corrected chi connectivity index (χ1v) is 4.24. The molecule has 0 aliphatic rings. The molecule has 5 heteroatoms. The smallest absolute Gasteiger partial charge is 0.197 e. The van der Waals surface area contributed by atoms with E-state index in [2.05, 4.69) is 0 Å². The molecule has 0 saturated heterocycles. The zero-order chi connectivity index (χ0) is 11.6. The van der Waals surface area contributed by atoms with Gasteiger partial charge in [-0.25, -0.2) is 17.6 Å². The summed E-state index contributed by atoms with van der Waals surface area (Å²) >= 11 is 0. The van der Waals surface area contributed by atoms with E-state index in [0.29, 0.717) is 6.07 Å². The van der Waals surface area contributed by atoms with Crippen molar-refractivity contribution < 1.29 is 22.4 Å². The number of halogens is 4. The molecule has 1 aromatic carbocycles. The van der Waals surface area contributed by atoms with E-state index in [0.717, 1.165) is 0 Å². The van der Waals surface area contributed by atoms with Gasteiger partial charge in [0.15, 0.2) is 23.3 Å². The first-order valence-electron chi connectivity index (χ1n) is 4.24. The monoisotopic (exact) mass is 220 g/mol. The zero-order valence-electron chi connectivity index (χ0n) is 7.91. The summed E-state index contributed by atoms with van der Waals surface area (Å²) in [5.74, 6) is -6.80. The van der Waals surface area contributed by atoms with Crippen LogP contribution in [-0.2, 0) is 11.2 Å². The summed E-state index contributed by atoms with van der Waals surface area (Å²) in [4.78, 5) is 10.6. The van der Waals surface area contributed by atoms with E-state index >= 15 is 0 Å². The Morgan fingerprint density at radius 3 is 2.27 bits per heavy atom. The standard InChI is InChI=1S/C10H8F4O/c1-5(15)2-3-6-4-7(11)9(13)10(14)8(6)12/h4H,2-3H2,1H3. The Morgan fingerprint density at radius 2 is 1.73 bits per heavy atom. The average Bonchev–Trinajstić information content (AvgIpc) is 2.18. The minimum absolute atomic E-state index is 0.0402.